The Morgan fingerprint density at radius 3 is 1.30 bits per heavy atom. The van der Waals surface area contributed by atoms with Crippen molar-refractivity contribution >= 4 is 55.4 Å². The third-order valence-corrected chi connectivity index (χ3v) is 10.4. The molecule has 0 spiro atoms. The number of para-hydroxylation sites is 2. The van der Waals surface area contributed by atoms with Crippen LogP contribution in [0.2, 0.25) is 0 Å². The molecule has 0 saturated heterocycles. The monoisotopic (exact) mass is 596 g/mol. The molecule has 2 nitrogen and oxygen atoms in total. The molecule has 0 N–H and O–H groups in total. The molecular formula is C39H36N2S2. The highest BCUT2D eigenvalue weighted by atomic mass is 32.1. The zero-order chi connectivity index (χ0) is 29.2. The molecule has 0 atom stereocenters. The van der Waals surface area contributed by atoms with Gasteiger partial charge in [0.25, 0.3) is 0 Å². The van der Waals surface area contributed by atoms with Crippen LogP contribution in [0.1, 0.15) is 50.7 Å². The second-order valence-corrected chi connectivity index (χ2v) is 13.1. The van der Waals surface area contributed by atoms with Gasteiger partial charge in [0.15, 0.2) is 0 Å². The van der Waals surface area contributed by atoms with Gasteiger partial charge in [-0.05, 0) is 119 Å². The summed E-state index contributed by atoms with van der Waals surface area (Å²) in [5, 5.41) is 6.80. The van der Waals surface area contributed by atoms with E-state index in [0.717, 1.165) is 25.7 Å². The van der Waals surface area contributed by atoms with Crippen LogP contribution in [0.15, 0.2) is 132 Å². The van der Waals surface area contributed by atoms with E-state index in [9.17, 15) is 0 Å². The van der Waals surface area contributed by atoms with Crippen LogP contribution in [0.25, 0.3) is 11.1 Å². The van der Waals surface area contributed by atoms with E-state index < -0.39 is 0 Å². The number of nitrogens with zero attached hydrogens (tertiary/aromatic N) is 2. The Morgan fingerprint density at radius 2 is 0.930 bits per heavy atom. The van der Waals surface area contributed by atoms with Gasteiger partial charge in [0.2, 0.25) is 0 Å². The molecule has 6 aromatic rings. The summed E-state index contributed by atoms with van der Waals surface area (Å²) >= 11 is 3.57. The molecule has 1 aliphatic carbocycles. The predicted molar refractivity (Wildman–Crippen MR) is 188 cm³/mol. The predicted octanol–water partition coefficient (Wildman–Crippen LogP) is 12.6. The number of thiophene rings is 2. The van der Waals surface area contributed by atoms with Crippen molar-refractivity contribution in [2.24, 2.45) is 0 Å². The second kappa shape index (κ2) is 11.9. The third kappa shape index (κ3) is 4.89. The molecule has 1 aliphatic rings. The summed E-state index contributed by atoms with van der Waals surface area (Å²) in [5.74, 6) is 0. The van der Waals surface area contributed by atoms with Gasteiger partial charge in [-0.2, -0.15) is 0 Å². The zero-order valence-electron chi connectivity index (χ0n) is 24.7. The van der Waals surface area contributed by atoms with E-state index in [2.05, 4.69) is 156 Å². The molecule has 0 saturated carbocycles. The first kappa shape index (κ1) is 27.7. The average Bonchev–Trinajstić information content (AvgIpc) is 3.82. The van der Waals surface area contributed by atoms with E-state index in [4.69, 9.17) is 0 Å². The Morgan fingerprint density at radius 1 is 0.488 bits per heavy atom. The summed E-state index contributed by atoms with van der Waals surface area (Å²) in [6.07, 6.45) is 4.52. The van der Waals surface area contributed by atoms with Gasteiger partial charge in [-0.3, -0.25) is 0 Å². The van der Waals surface area contributed by atoms with Gasteiger partial charge in [-0.25, -0.2) is 0 Å². The summed E-state index contributed by atoms with van der Waals surface area (Å²) in [6, 6.07) is 44.7. The first-order valence-corrected chi connectivity index (χ1v) is 17.1. The highest BCUT2D eigenvalue weighted by molar-refractivity contribution is 7.14. The minimum Gasteiger partial charge on any atom is -0.302 e. The summed E-state index contributed by atoms with van der Waals surface area (Å²) in [7, 11) is 0. The Balaban J connectivity index is 1.41. The number of anilines is 6. The Labute approximate surface area is 263 Å². The molecule has 0 bridgehead atoms. The van der Waals surface area contributed by atoms with Crippen molar-refractivity contribution in [2.45, 2.75) is 44.9 Å². The molecule has 0 radical (unpaired) electrons. The lowest BCUT2D eigenvalue weighted by Gasteiger charge is -2.34. The maximum atomic E-state index is 2.50. The highest BCUT2D eigenvalue weighted by Crippen LogP contribution is 2.56. The number of hydrogen-bond acceptors (Lipinski definition) is 4. The van der Waals surface area contributed by atoms with Gasteiger partial charge in [0.1, 0.15) is 0 Å². The number of hydrogen-bond donors (Lipinski definition) is 0. The number of rotatable bonds is 10. The zero-order valence-corrected chi connectivity index (χ0v) is 26.4. The van der Waals surface area contributed by atoms with E-state index in [0.29, 0.717) is 0 Å². The van der Waals surface area contributed by atoms with Gasteiger partial charge in [-0.15, -0.1) is 22.7 Å². The van der Waals surface area contributed by atoms with Crippen LogP contribution in [0.4, 0.5) is 32.8 Å². The minimum absolute atomic E-state index is 0.0319. The Kier molecular flexibility index (Phi) is 7.65. The highest BCUT2D eigenvalue weighted by Gasteiger charge is 2.42. The Bertz CT molecular complexity index is 1660. The van der Waals surface area contributed by atoms with Crippen LogP contribution in [0.5, 0.6) is 0 Å². The summed E-state index contributed by atoms with van der Waals surface area (Å²) < 4.78 is 0. The maximum absolute atomic E-state index is 2.50. The molecular weight excluding hydrogens is 561 g/mol. The van der Waals surface area contributed by atoms with Crippen molar-refractivity contribution in [1.82, 2.24) is 0 Å². The standard InChI is InChI=1S/C39H36N2S2/c1-3-23-39(24-4-2)35-27-31(40(37-17-11-25-42-37)29-13-7-5-8-14-29)19-21-33(35)34-22-20-32(28-36(34)39)41(38-18-12-26-43-38)30-15-9-6-10-16-30/h5-22,25-28H,3-4,23-24H2,1-2H3. The van der Waals surface area contributed by atoms with Gasteiger partial charge in [0.05, 0.1) is 10.0 Å². The van der Waals surface area contributed by atoms with Crippen molar-refractivity contribution in [3.63, 3.8) is 0 Å². The van der Waals surface area contributed by atoms with E-state index in [-0.39, 0.29) is 5.41 Å². The fraction of sp³-hybridized carbons (Fsp3) is 0.179. The summed E-state index contributed by atoms with van der Waals surface area (Å²) in [6.45, 7) is 4.68. The van der Waals surface area contributed by atoms with Crippen molar-refractivity contribution < 1.29 is 0 Å². The van der Waals surface area contributed by atoms with Gasteiger partial charge in [0, 0.05) is 28.2 Å². The van der Waals surface area contributed by atoms with Crippen LogP contribution < -0.4 is 9.80 Å². The molecule has 7 rings (SSSR count). The van der Waals surface area contributed by atoms with Crippen LogP contribution in [-0.2, 0) is 5.41 Å². The van der Waals surface area contributed by atoms with Crippen LogP contribution in [0.3, 0.4) is 0 Å². The fourth-order valence-electron chi connectivity index (χ4n) is 7.02. The SMILES string of the molecule is CCCC1(CCC)c2cc(N(c3ccccc3)c3cccs3)ccc2-c2ccc(N(c3ccccc3)c3cccs3)cc21. The van der Waals surface area contributed by atoms with Crippen molar-refractivity contribution in [3.05, 3.63) is 143 Å². The average molecular weight is 597 g/mol. The van der Waals surface area contributed by atoms with E-state index in [1.165, 1.54) is 55.0 Å². The van der Waals surface area contributed by atoms with E-state index >= 15 is 0 Å². The Hall–Kier alpha value is -4.12. The largest absolute Gasteiger partial charge is 0.302 e. The second-order valence-electron chi connectivity index (χ2n) is 11.3. The first-order valence-electron chi connectivity index (χ1n) is 15.3. The van der Waals surface area contributed by atoms with E-state index in [1.54, 1.807) is 22.7 Å². The molecule has 4 heteroatoms. The van der Waals surface area contributed by atoms with Crippen LogP contribution in [0, 0.1) is 0 Å². The smallest absolute Gasteiger partial charge is 0.0999 e. The number of benzene rings is 4. The maximum Gasteiger partial charge on any atom is 0.0999 e. The fourth-order valence-corrected chi connectivity index (χ4v) is 8.56. The first-order chi connectivity index (χ1) is 21.2. The summed E-state index contributed by atoms with van der Waals surface area (Å²) in [4.78, 5) is 4.83. The van der Waals surface area contributed by atoms with Crippen molar-refractivity contribution in [3.8, 4) is 11.1 Å². The lowest BCUT2D eigenvalue weighted by molar-refractivity contribution is 0.436. The molecule has 0 aliphatic heterocycles. The molecule has 0 fully saturated rings. The molecule has 4 aromatic carbocycles. The van der Waals surface area contributed by atoms with Gasteiger partial charge in [-0.1, -0.05) is 75.2 Å². The minimum atomic E-state index is -0.0319. The van der Waals surface area contributed by atoms with E-state index in [1.807, 2.05) is 0 Å². The molecule has 214 valence electrons. The van der Waals surface area contributed by atoms with Crippen LogP contribution in [-0.4, -0.2) is 0 Å². The lowest BCUT2D eigenvalue weighted by Crippen LogP contribution is -2.25. The quantitative estimate of drug-likeness (QED) is 0.155. The molecule has 43 heavy (non-hydrogen) atoms. The molecule has 2 heterocycles. The number of fused-ring (bicyclic) bond motifs is 3. The lowest BCUT2D eigenvalue weighted by atomic mass is 9.71. The topological polar surface area (TPSA) is 6.48 Å². The summed E-state index contributed by atoms with van der Waals surface area (Å²) in [5.41, 5.74) is 10.5. The molecule has 0 unspecified atom stereocenters. The van der Waals surface area contributed by atoms with Gasteiger partial charge >= 0.3 is 0 Å². The molecule has 0 amide bonds. The normalized spacial score (nSPS) is 13.0. The van der Waals surface area contributed by atoms with Crippen molar-refractivity contribution in [2.75, 3.05) is 9.80 Å². The molecule has 2 aromatic heterocycles. The van der Waals surface area contributed by atoms with Crippen molar-refractivity contribution in [1.29, 1.82) is 0 Å². The van der Waals surface area contributed by atoms with Gasteiger partial charge < -0.3 is 9.80 Å². The van der Waals surface area contributed by atoms with Crippen LogP contribution >= 0.6 is 22.7 Å². The third-order valence-electron chi connectivity index (χ3n) is 8.68.